The Morgan fingerprint density at radius 2 is 1.63 bits per heavy atom. The highest BCUT2D eigenvalue weighted by molar-refractivity contribution is 7.99. The van der Waals surface area contributed by atoms with Gasteiger partial charge in [-0.1, -0.05) is 91.6 Å². The van der Waals surface area contributed by atoms with Gasteiger partial charge in [0.2, 0.25) is 11.8 Å². The number of rotatable bonds is 11. The van der Waals surface area contributed by atoms with Gasteiger partial charge in [-0.25, -0.2) is 4.39 Å². The van der Waals surface area contributed by atoms with Crippen LogP contribution in [0.15, 0.2) is 78.9 Å². The van der Waals surface area contributed by atoms with Crippen LogP contribution >= 0.6 is 11.8 Å². The maximum Gasteiger partial charge on any atom is 0.243 e. The van der Waals surface area contributed by atoms with Crippen LogP contribution in [0.3, 0.4) is 0 Å². The lowest BCUT2D eigenvalue weighted by molar-refractivity contribution is -0.139. The molecule has 0 aliphatic heterocycles. The molecule has 38 heavy (non-hydrogen) atoms. The average molecular weight is 533 g/mol. The monoisotopic (exact) mass is 532 g/mol. The molecule has 1 aliphatic carbocycles. The van der Waals surface area contributed by atoms with E-state index in [1.54, 1.807) is 17.0 Å². The molecule has 0 radical (unpaired) electrons. The Labute approximate surface area is 230 Å². The van der Waals surface area contributed by atoms with E-state index < -0.39 is 6.04 Å². The van der Waals surface area contributed by atoms with Crippen LogP contribution in [-0.2, 0) is 28.3 Å². The van der Waals surface area contributed by atoms with Crippen LogP contribution in [0, 0.1) is 12.7 Å². The summed E-state index contributed by atoms with van der Waals surface area (Å²) in [4.78, 5) is 29.3. The van der Waals surface area contributed by atoms with E-state index in [0.717, 1.165) is 47.9 Å². The summed E-state index contributed by atoms with van der Waals surface area (Å²) in [6, 6.07) is 23.9. The van der Waals surface area contributed by atoms with Crippen LogP contribution in [-0.4, -0.2) is 34.6 Å². The third-order valence-corrected chi connectivity index (χ3v) is 8.05. The van der Waals surface area contributed by atoms with Crippen molar-refractivity contribution in [1.82, 2.24) is 10.2 Å². The number of benzene rings is 3. The molecule has 0 saturated heterocycles. The van der Waals surface area contributed by atoms with Crippen LogP contribution in [0.25, 0.3) is 0 Å². The molecular formula is C32H37FN2O2S. The minimum absolute atomic E-state index is 0.0710. The maximum atomic E-state index is 13.8. The summed E-state index contributed by atoms with van der Waals surface area (Å²) >= 11 is 1.49. The number of amides is 2. The first-order valence-corrected chi connectivity index (χ1v) is 14.6. The van der Waals surface area contributed by atoms with Crippen molar-refractivity contribution in [3.63, 3.8) is 0 Å². The molecule has 1 fully saturated rings. The van der Waals surface area contributed by atoms with Gasteiger partial charge in [-0.05, 0) is 48.6 Å². The van der Waals surface area contributed by atoms with Crippen LogP contribution in [0.2, 0.25) is 0 Å². The Kier molecular flexibility index (Phi) is 10.4. The fourth-order valence-electron chi connectivity index (χ4n) is 5.03. The third-order valence-electron chi connectivity index (χ3n) is 7.07. The molecule has 4 rings (SSSR count). The van der Waals surface area contributed by atoms with E-state index >= 15 is 0 Å². The number of aryl methyl sites for hydroxylation is 1. The standard InChI is InChI=1S/C32H37FN2O2S/c1-24-9-8-12-27(19-24)21-35(31(36)23-38-22-26-15-17-28(33)18-16-26)30(20-25-10-4-2-5-11-25)32(37)34-29-13-6-3-7-14-29/h2,4-5,8-12,15-19,29-30H,3,6-7,13-14,20-23H2,1H3,(H,34,37). The first kappa shape index (κ1) is 27.9. The fourth-order valence-corrected chi connectivity index (χ4v) is 5.90. The Bertz CT molecular complexity index is 1180. The Balaban J connectivity index is 1.56. The van der Waals surface area contributed by atoms with E-state index in [-0.39, 0.29) is 29.4 Å². The van der Waals surface area contributed by atoms with E-state index in [2.05, 4.69) is 11.4 Å². The van der Waals surface area contributed by atoms with Crippen LogP contribution in [0.5, 0.6) is 0 Å². The molecule has 0 heterocycles. The quantitative estimate of drug-likeness (QED) is 0.309. The molecule has 1 N–H and O–H groups in total. The predicted molar refractivity (Wildman–Crippen MR) is 153 cm³/mol. The summed E-state index contributed by atoms with van der Waals surface area (Å²) < 4.78 is 13.3. The number of carbonyl (C=O) groups excluding carboxylic acids is 2. The first-order chi connectivity index (χ1) is 18.5. The molecule has 2 amide bonds. The molecule has 3 aromatic rings. The van der Waals surface area contributed by atoms with E-state index in [0.29, 0.717) is 18.7 Å². The fraction of sp³-hybridized carbons (Fsp3) is 0.375. The molecule has 0 aromatic heterocycles. The van der Waals surface area contributed by atoms with E-state index in [9.17, 15) is 14.0 Å². The number of nitrogens with zero attached hydrogens (tertiary/aromatic N) is 1. The topological polar surface area (TPSA) is 49.4 Å². The van der Waals surface area contributed by atoms with Gasteiger partial charge in [0.25, 0.3) is 0 Å². The number of halogens is 1. The predicted octanol–water partition coefficient (Wildman–Crippen LogP) is 6.46. The molecule has 6 heteroatoms. The van der Waals surface area contributed by atoms with Gasteiger partial charge in [0.15, 0.2) is 0 Å². The SMILES string of the molecule is Cc1cccc(CN(C(=O)CSCc2ccc(F)cc2)C(Cc2ccccc2)C(=O)NC2CCCCC2)c1. The van der Waals surface area contributed by atoms with Gasteiger partial charge in [0.1, 0.15) is 11.9 Å². The Morgan fingerprint density at radius 1 is 0.921 bits per heavy atom. The number of nitrogens with one attached hydrogen (secondary N) is 1. The Hall–Kier alpha value is -3.12. The molecule has 1 aliphatic rings. The summed E-state index contributed by atoms with van der Waals surface area (Å²) in [5.41, 5.74) is 4.11. The largest absolute Gasteiger partial charge is 0.352 e. The molecule has 4 nitrogen and oxygen atoms in total. The second-order valence-corrected chi connectivity index (χ2v) is 11.2. The molecule has 0 spiro atoms. The van der Waals surface area contributed by atoms with E-state index in [1.165, 1.54) is 30.3 Å². The van der Waals surface area contributed by atoms with Crippen molar-refractivity contribution < 1.29 is 14.0 Å². The lowest BCUT2D eigenvalue weighted by atomic mass is 9.94. The number of thioether (sulfide) groups is 1. The van der Waals surface area contributed by atoms with Gasteiger partial charge in [0.05, 0.1) is 5.75 Å². The van der Waals surface area contributed by atoms with Crippen molar-refractivity contribution in [1.29, 1.82) is 0 Å². The highest BCUT2D eigenvalue weighted by Gasteiger charge is 2.31. The summed E-state index contributed by atoms with van der Waals surface area (Å²) in [7, 11) is 0. The van der Waals surface area contributed by atoms with Crippen molar-refractivity contribution in [2.24, 2.45) is 0 Å². The Morgan fingerprint density at radius 3 is 2.34 bits per heavy atom. The second kappa shape index (κ2) is 14.1. The van der Waals surface area contributed by atoms with Gasteiger partial charge in [-0.3, -0.25) is 9.59 Å². The van der Waals surface area contributed by atoms with E-state index in [4.69, 9.17) is 0 Å². The third kappa shape index (κ3) is 8.45. The maximum absolute atomic E-state index is 13.8. The lowest BCUT2D eigenvalue weighted by Gasteiger charge is -2.33. The van der Waals surface area contributed by atoms with Crippen molar-refractivity contribution in [3.05, 3.63) is 107 Å². The number of hydrogen-bond acceptors (Lipinski definition) is 3. The van der Waals surface area contributed by atoms with Crippen LogP contribution in [0.1, 0.15) is 54.4 Å². The van der Waals surface area contributed by atoms with Crippen LogP contribution in [0.4, 0.5) is 4.39 Å². The molecule has 1 atom stereocenters. The van der Waals surface area contributed by atoms with Gasteiger partial charge in [-0.15, -0.1) is 11.8 Å². The zero-order valence-electron chi connectivity index (χ0n) is 22.1. The van der Waals surface area contributed by atoms with Gasteiger partial charge in [-0.2, -0.15) is 0 Å². The summed E-state index contributed by atoms with van der Waals surface area (Å²) in [5.74, 6) is 0.420. The van der Waals surface area contributed by atoms with Crippen molar-refractivity contribution in [2.45, 2.75) is 69.8 Å². The number of carbonyl (C=O) groups is 2. The zero-order chi connectivity index (χ0) is 26.7. The molecule has 3 aromatic carbocycles. The molecular weight excluding hydrogens is 495 g/mol. The highest BCUT2D eigenvalue weighted by atomic mass is 32.2. The highest BCUT2D eigenvalue weighted by Crippen LogP contribution is 2.21. The second-order valence-electron chi connectivity index (χ2n) is 10.2. The van der Waals surface area contributed by atoms with Gasteiger partial charge in [0, 0.05) is 24.8 Å². The van der Waals surface area contributed by atoms with Gasteiger partial charge >= 0.3 is 0 Å². The first-order valence-electron chi connectivity index (χ1n) is 13.5. The normalized spacial score (nSPS) is 14.6. The molecule has 0 bridgehead atoms. The number of hydrogen-bond donors (Lipinski definition) is 1. The smallest absolute Gasteiger partial charge is 0.243 e. The average Bonchev–Trinajstić information content (AvgIpc) is 2.93. The summed E-state index contributed by atoms with van der Waals surface area (Å²) in [6.07, 6.45) is 5.90. The van der Waals surface area contributed by atoms with Gasteiger partial charge < -0.3 is 10.2 Å². The molecule has 1 saturated carbocycles. The zero-order valence-corrected chi connectivity index (χ0v) is 22.9. The van der Waals surface area contributed by atoms with Crippen molar-refractivity contribution in [3.8, 4) is 0 Å². The van der Waals surface area contributed by atoms with Crippen molar-refractivity contribution in [2.75, 3.05) is 5.75 Å². The van der Waals surface area contributed by atoms with E-state index in [1.807, 2.05) is 55.5 Å². The minimum Gasteiger partial charge on any atom is -0.352 e. The summed E-state index contributed by atoms with van der Waals surface area (Å²) in [5, 5.41) is 3.28. The molecule has 1 unspecified atom stereocenters. The summed E-state index contributed by atoms with van der Waals surface area (Å²) in [6.45, 7) is 2.40. The van der Waals surface area contributed by atoms with Crippen molar-refractivity contribution >= 4 is 23.6 Å². The minimum atomic E-state index is -0.612. The molecule has 200 valence electrons. The van der Waals surface area contributed by atoms with Crippen LogP contribution < -0.4 is 5.32 Å². The lowest BCUT2D eigenvalue weighted by Crippen LogP contribution is -2.53.